The predicted molar refractivity (Wildman–Crippen MR) is 102 cm³/mol. The molecular formula is C19H23N3O3S. The molecule has 0 saturated heterocycles. The van der Waals surface area contributed by atoms with E-state index in [0.29, 0.717) is 0 Å². The topological polar surface area (TPSA) is 78.1 Å². The van der Waals surface area contributed by atoms with Crippen molar-refractivity contribution in [3.05, 3.63) is 47.1 Å². The Labute approximate surface area is 156 Å². The molecule has 0 aliphatic rings. The molecule has 3 rings (SSSR count). The van der Waals surface area contributed by atoms with Gasteiger partial charge in [-0.05, 0) is 12.0 Å². The lowest BCUT2D eigenvalue weighted by molar-refractivity contribution is -0.131. The van der Waals surface area contributed by atoms with Crippen LogP contribution in [0.1, 0.15) is 18.2 Å². The number of rotatable bonds is 8. The Morgan fingerprint density at radius 1 is 1.19 bits per heavy atom. The number of carbonyl (C=O) groups excluding carboxylic acids is 1. The molecule has 0 atom stereocenters. The quantitative estimate of drug-likeness (QED) is 0.633. The molecule has 0 radical (unpaired) electrons. The maximum absolute atomic E-state index is 12.5. The molecule has 7 heteroatoms. The monoisotopic (exact) mass is 373 g/mol. The third-order valence-corrected chi connectivity index (χ3v) is 5.25. The van der Waals surface area contributed by atoms with Crippen LogP contribution in [0.3, 0.4) is 0 Å². The molecule has 0 unspecified atom stereocenters. The van der Waals surface area contributed by atoms with Gasteiger partial charge in [0.1, 0.15) is 0 Å². The number of amides is 1. The minimum absolute atomic E-state index is 0.115. The van der Waals surface area contributed by atoms with Crippen LogP contribution in [0.15, 0.2) is 35.8 Å². The van der Waals surface area contributed by atoms with Gasteiger partial charge >= 0.3 is 0 Å². The summed E-state index contributed by atoms with van der Waals surface area (Å²) in [5.41, 5.74) is 4.09. The Bertz CT molecular complexity index is 864. The fourth-order valence-corrected chi connectivity index (χ4v) is 3.75. The van der Waals surface area contributed by atoms with Gasteiger partial charge in [0, 0.05) is 35.9 Å². The number of aliphatic hydroxyl groups excluding tert-OH is 2. The van der Waals surface area contributed by atoms with Crippen molar-refractivity contribution in [2.75, 3.05) is 26.3 Å². The van der Waals surface area contributed by atoms with E-state index in [9.17, 15) is 4.79 Å². The highest BCUT2D eigenvalue weighted by molar-refractivity contribution is 7.15. The van der Waals surface area contributed by atoms with Crippen molar-refractivity contribution in [2.45, 2.75) is 19.8 Å². The summed E-state index contributed by atoms with van der Waals surface area (Å²) in [5.74, 6) is -0.115. The second-order valence-corrected chi connectivity index (χ2v) is 6.90. The summed E-state index contributed by atoms with van der Waals surface area (Å²) in [4.78, 5) is 19.4. The second kappa shape index (κ2) is 8.44. The van der Waals surface area contributed by atoms with Crippen molar-refractivity contribution in [2.24, 2.45) is 0 Å². The third-order valence-electron chi connectivity index (χ3n) is 4.37. The molecule has 26 heavy (non-hydrogen) atoms. The normalized spacial score (nSPS) is 11.2. The zero-order valence-corrected chi connectivity index (χ0v) is 15.6. The van der Waals surface area contributed by atoms with Gasteiger partial charge in [-0.2, -0.15) is 0 Å². The molecule has 0 saturated carbocycles. The van der Waals surface area contributed by atoms with Gasteiger partial charge < -0.3 is 15.1 Å². The average Bonchev–Trinajstić information content (AvgIpc) is 3.23. The van der Waals surface area contributed by atoms with Crippen LogP contribution in [0.5, 0.6) is 0 Å². The van der Waals surface area contributed by atoms with E-state index in [2.05, 4.69) is 36.2 Å². The van der Waals surface area contributed by atoms with E-state index in [0.717, 1.165) is 28.3 Å². The number of thiazole rings is 1. The number of carbonyl (C=O) groups is 1. The number of imidazole rings is 1. The summed E-state index contributed by atoms with van der Waals surface area (Å²) in [6.07, 6.45) is 3.17. The Balaban J connectivity index is 1.81. The molecule has 2 N–H and O–H groups in total. The lowest BCUT2D eigenvalue weighted by atomic mass is 10.1. The lowest BCUT2D eigenvalue weighted by Crippen LogP contribution is -2.37. The van der Waals surface area contributed by atoms with E-state index in [1.54, 1.807) is 0 Å². The largest absolute Gasteiger partial charge is 0.395 e. The Morgan fingerprint density at radius 2 is 1.88 bits per heavy atom. The van der Waals surface area contributed by atoms with Crippen LogP contribution in [-0.4, -0.2) is 56.7 Å². The van der Waals surface area contributed by atoms with E-state index in [1.807, 2.05) is 16.0 Å². The fourth-order valence-electron chi connectivity index (χ4n) is 2.88. The van der Waals surface area contributed by atoms with Gasteiger partial charge in [-0.15, -0.1) is 11.3 Å². The molecule has 2 heterocycles. The van der Waals surface area contributed by atoms with Crippen molar-refractivity contribution in [1.82, 2.24) is 14.3 Å². The Hall–Kier alpha value is -2.22. The van der Waals surface area contributed by atoms with Gasteiger partial charge in [0.15, 0.2) is 4.96 Å². The summed E-state index contributed by atoms with van der Waals surface area (Å²) in [7, 11) is 0. The predicted octanol–water partition coefficient (Wildman–Crippen LogP) is 1.98. The standard InChI is InChI=1S/C19H23N3O3S/c1-2-14-3-5-15(6-4-14)17-12-22-16(13-26-19(22)20-17)11-18(25)21(7-9-23)8-10-24/h3-6,12-13,23-24H,2,7-11H2,1H3. The van der Waals surface area contributed by atoms with E-state index in [-0.39, 0.29) is 38.6 Å². The highest BCUT2D eigenvalue weighted by Gasteiger charge is 2.17. The number of hydrogen-bond donors (Lipinski definition) is 2. The third kappa shape index (κ3) is 3.95. The molecule has 0 aliphatic carbocycles. The fraction of sp³-hybridized carbons (Fsp3) is 0.368. The molecule has 0 bridgehead atoms. The van der Waals surface area contributed by atoms with Gasteiger partial charge in [0.2, 0.25) is 5.91 Å². The summed E-state index contributed by atoms with van der Waals surface area (Å²) < 4.78 is 1.95. The maximum Gasteiger partial charge on any atom is 0.228 e. The SMILES string of the molecule is CCc1ccc(-c2cn3c(CC(=O)N(CCO)CCO)csc3n2)cc1. The van der Waals surface area contributed by atoms with Crippen molar-refractivity contribution in [3.63, 3.8) is 0 Å². The smallest absolute Gasteiger partial charge is 0.228 e. The van der Waals surface area contributed by atoms with Crippen LogP contribution in [0.4, 0.5) is 0 Å². The molecule has 138 valence electrons. The van der Waals surface area contributed by atoms with Gasteiger partial charge in [-0.1, -0.05) is 31.2 Å². The first-order chi connectivity index (χ1) is 12.7. The number of aryl methyl sites for hydroxylation is 1. The molecular weight excluding hydrogens is 350 g/mol. The molecule has 0 aliphatic heterocycles. The first-order valence-electron chi connectivity index (χ1n) is 8.70. The number of nitrogens with zero attached hydrogens (tertiary/aromatic N) is 3. The van der Waals surface area contributed by atoms with Gasteiger partial charge in [0.05, 0.1) is 25.3 Å². The Morgan fingerprint density at radius 3 is 2.50 bits per heavy atom. The molecule has 2 aromatic heterocycles. The van der Waals surface area contributed by atoms with Crippen molar-refractivity contribution < 1.29 is 15.0 Å². The van der Waals surface area contributed by atoms with E-state index < -0.39 is 0 Å². The minimum Gasteiger partial charge on any atom is -0.395 e. The number of aliphatic hydroxyl groups is 2. The van der Waals surface area contributed by atoms with Crippen LogP contribution in [0, 0.1) is 0 Å². The lowest BCUT2D eigenvalue weighted by Gasteiger charge is -2.20. The molecule has 0 fully saturated rings. The molecule has 0 spiro atoms. The summed E-state index contributed by atoms with van der Waals surface area (Å²) in [6, 6.07) is 8.35. The van der Waals surface area contributed by atoms with Crippen LogP contribution < -0.4 is 0 Å². The zero-order chi connectivity index (χ0) is 18.5. The molecule has 6 nitrogen and oxygen atoms in total. The van der Waals surface area contributed by atoms with Gasteiger partial charge in [-0.25, -0.2) is 4.98 Å². The van der Waals surface area contributed by atoms with Crippen molar-refractivity contribution in [1.29, 1.82) is 0 Å². The molecule has 1 amide bonds. The highest BCUT2D eigenvalue weighted by atomic mass is 32.1. The van der Waals surface area contributed by atoms with E-state index in [4.69, 9.17) is 10.2 Å². The summed E-state index contributed by atoms with van der Waals surface area (Å²) in [6.45, 7) is 2.35. The van der Waals surface area contributed by atoms with E-state index >= 15 is 0 Å². The highest BCUT2D eigenvalue weighted by Crippen LogP contribution is 2.24. The summed E-state index contributed by atoms with van der Waals surface area (Å²) >= 11 is 1.50. The Kier molecular flexibility index (Phi) is 6.03. The number of aromatic nitrogens is 2. The van der Waals surface area contributed by atoms with Crippen molar-refractivity contribution >= 4 is 22.2 Å². The molecule has 1 aromatic carbocycles. The number of benzene rings is 1. The minimum atomic E-state index is -0.117. The van der Waals surface area contributed by atoms with E-state index in [1.165, 1.54) is 21.8 Å². The van der Waals surface area contributed by atoms with Crippen LogP contribution in [0.2, 0.25) is 0 Å². The number of hydrogen-bond acceptors (Lipinski definition) is 5. The molecule has 3 aromatic rings. The second-order valence-electron chi connectivity index (χ2n) is 6.06. The van der Waals surface area contributed by atoms with Gasteiger partial charge in [0.25, 0.3) is 0 Å². The zero-order valence-electron chi connectivity index (χ0n) is 14.8. The number of fused-ring (bicyclic) bond motifs is 1. The summed E-state index contributed by atoms with van der Waals surface area (Å²) in [5, 5.41) is 20.1. The maximum atomic E-state index is 12.5. The average molecular weight is 373 g/mol. The first kappa shape index (κ1) is 18.6. The first-order valence-corrected chi connectivity index (χ1v) is 9.58. The van der Waals surface area contributed by atoms with Crippen LogP contribution in [0.25, 0.3) is 16.2 Å². The van der Waals surface area contributed by atoms with Crippen LogP contribution in [-0.2, 0) is 17.6 Å². The van der Waals surface area contributed by atoms with Gasteiger partial charge in [-0.3, -0.25) is 9.20 Å². The van der Waals surface area contributed by atoms with Crippen LogP contribution >= 0.6 is 11.3 Å². The van der Waals surface area contributed by atoms with Crippen molar-refractivity contribution in [3.8, 4) is 11.3 Å².